The summed E-state index contributed by atoms with van der Waals surface area (Å²) in [5, 5.41) is 0. The molecule has 0 aliphatic carbocycles. The number of rotatable bonds is 7. The van der Waals surface area contributed by atoms with E-state index < -0.39 is 0 Å². The third-order valence-electron chi connectivity index (χ3n) is 3.51. The van der Waals surface area contributed by atoms with Crippen LogP contribution >= 0.6 is 0 Å². The van der Waals surface area contributed by atoms with Crippen LogP contribution in [0.2, 0.25) is 0 Å². The van der Waals surface area contributed by atoms with Gasteiger partial charge < -0.3 is 13.9 Å². The second kappa shape index (κ2) is 7.83. The maximum atomic E-state index is 11.6. The minimum atomic E-state index is -0.373. The van der Waals surface area contributed by atoms with Crippen molar-refractivity contribution in [1.29, 1.82) is 0 Å². The quantitative estimate of drug-likeness (QED) is 0.733. The topological polar surface area (TPSA) is 51.9 Å². The molecule has 23 heavy (non-hydrogen) atoms. The average Bonchev–Trinajstić information content (AvgIpc) is 2.89. The Morgan fingerprint density at radius 2 is 2.00 bits per heavy atom. The van der Waals surface area contributed by atoms with Crippen molar-refractivity contribution in [2.24, 2.45) is 0 Å². The van der Waals surface area contributed by atoms with Gasteiger partial charge in [-0.3, -0.25) is 4.90 Å². The molecule has 0 aliphatic heterocycles. The van der Waals surface area contributed by atoms with Gasteiger partial charge in [0.25, 0.3) is 0 Å². The lowest BCUT2D eigenvalue weighted by Crippen LogP contribution is -2.17. The third-order valence-corrected chi connectivity index (χ3v) is 3.51. The molecule has 0 radical (unpaired) electrons. The SMILES string of the molecule is CCOc1ccccc1CN(C)Cc1cc(C(=O)OC)c(C)o1. The van der Waals surface area contributed by atoms with E-state index in [1.165, 1.54) is 7.11 Å². The number of para-hydroxylation sites is 1. The van der Waals surface area contributed by atoms with E-state index in [0.717, 1.165) is 23.6 Å². The van der Waals surface area contributed by atoms with Crippen LogP contribution in [0.4, 0.5) is 0 Å². The molecule has 2 aromatic rings. The van der Waals surface area contributed by atoms with Crippen molar-refractivity contribution >= 4 is 5.97 Å². The van der Waals surface area contributed by atoms with Gasteiger partial charge in [0.2, 0.25) is 0 Å². The lowest BCUT2D eigenvalue weighted by atomic mass is 10.2. The molecule has 0 unspecified atom stereocenters. The zero-order valence-electron chi connectivity index (χ0n) is 14.1. The Kier molecular flexibility index (Phi) is 5.82. The number of carbonyl (C=O) groups excluding carboxylic acids is 1. The maximum absolute atomic E-state index is 11.6. The van der Waals surface area contributed by atoms with E-state index in [0.29, 0.717) is 24.5 Å². The summed E-state index contributed by atoms with van der Waals surface area (Å²) in [5.74, 6) is 1.84. The molecule has 0 saturated carbocycles. The van der Waals surface area contributed by atoms with Gasteiger partial charge in [-0.2, -0.15) is 0 Å². The van der Waals surface area contributed by atoms with Gasteiger partial charge >= 0.3 is 5.97 Å². The van der Waals surface area contributed by atoms with E-state index in [2.05, 4.69) is 11.0 Å². The van der Waals surface area contributed by atoms with Crippen LogP contribution in [0.15, 0.2) is 34.7 Å². The first-order valence-electron chi connectivity index (χ1n) is 7.62. The number of ether oxygens (including phenoxy) is 2. The zero-order chi connectivity index (χ0) is 16.8. The van der Waals surface area contributed by atoms with Crippen molar-refractivity contribution in [2.45, 2.75) is 26.9 Å². The van der Waals surface area contributed by atoms with Gasteiger partial charge in [-0.05, 0) is 33.0 Å². The molecule has 0 saturated heterocycles. The van der Waals surface area contributed by atoms with Gasteiger partial charge in [-0.15, -0.1) is 0 Å². The summed E-state index contributed by atoms with van der Waals surface area (Å²) in [6.45, 7) is 5.70. The lowest BCUT2D eigenvalue weighted by molar-refractivity contribution is 0.0599. The minimum Gasteiger partial charge on any atom is -0.494 e. The lowest BCUT2D eigenvalue weighted by Gasteiger charge is -2.17. The van der Waals surface area contributed by atoms with Gasteiger partial charge in [0.1, 0.15) is 22.8 Å². The molecule has 5 heteroatoms. The number of methoxy groups -OCH3 is 1. The monoisotopic (exact) mass is 317 g/mol. The number of carbonyl (C=O) groups is 1. The van der Waals surface area contributed by atoms with E-state index in [4.69, 9.17) is 13.9 Å². The van der Waals surface area contributed by atoms with Crippen LogP contribution in [-0.2, 0) is 17.8 Å². The fraction of sp³-hybridized carbons (Fsp3) is 0.389. The molecule has 1 heterocycles. The molecule has 0 N–H and O–H groups in total. The molecule has 2 rings (SSSR count). The molecule has 124 valence electrons. The summed E-state index contributed by atoms with van der Waals surface area (Å²) in [6.07, 6.45) is 0. The fourth-order valence-corrected chi connectivity index (χ4v) is 2.48. The number of nitrogens with zero attached hydrogens (tertiary/aromatic N) is 1. The van der Waals surface area contributed by atoms with E-state index in [1.807, 2.05) is 32.2 Å². The normalized spacial score (nSPS) is 10.8. The number of hydrogen-bond donors (Lipinski definition) is 0. The standard InChI is InChI=1S/C18H23NO4/c1-5-22-17-9-7-6-8-14(17)11-19(3)12-15-10-16(13(2)23-15)18(20)21-4/h6-10H,5,11-12H2,1-4H3. The van der Waals surface area contributed by atoms with Gasteiger partial charge in [0.05, 0.1) is 20.3 Å². The van der Waals surface area contributed by atoms with Crippen LogP contribution in [0.25, 0.3) is 0 Å². The molecular weight excluding hydrogens is 294 g/mol. The molecule has 0 atom stereocenters. The Morgan fingerprint density at radius 3 is 2.70 bits per heavy atom. The van der Waals surface area contributed by atoms with Crippen LogP contribution in [-0.4, -0.2) is 31.6 Å². The van der Waals surface area contributed by atoms with Crippen LogP contribution in [0.3, 0.4) is 0 Å². The summed E-state index contributed by atoms with van der Waals surface area (Å²) < 4.78 is 16.0. The van der Waals surface area contributed by atoms with E-state index in [1.54, 1.807) is 13.0 Å². The highest BCUT2D eigenvalue weighted by molar-refractivity contribution is 5.90. The van der Waals surface area contributed by atoms with E-state index in [9.17, 15) is 4.79 Å². The summed E-state index contributed by atoms with van der Waals surface area (Å²) in [6, 6.07) is 9.73. The van der Waals surface area contributed by atoms with Crippen molar-refractivity contribution < 1.29 is 18.7 Å². The molecular formula is C18H23NO4. The smallest absolute Gasteiger partial charge is 0.341 e. The Bertz CT molecular complexity index is 663. The predicted molar refractivity (Wildman–Crippen MR) is 87.6 cm³/mol. The van der Waals surface area contributed by atoms with Crippen LogP contribution in [0.5, 0.6) is 5.75 Å². The van der Waals surface area contributed by atoms with E-state index in [-0.39, 0.29) is 5.97 Å². The molecule has 5 nitrogen and oxygen atoms in total. The second-order valence-electron chi connectivity index (χ2n) is 5.39. The first-order chi connectivity index (χ1) is 11.0. The van der Waals surface area contributed by atoms with Crippen molar-refractivity contribution in [3.05, 3.63) is 53.0 Å². The fourth-order valence-electron chi connectivity index (χ4n) is 2.48. The highest BCUT2D eigenvalue weighted by atomic mass is 16.5. The Balaban J connectivity index is 2.05. The summed E-state index contributed by atoms with van der Waals surface area (Å²) in [5.41, 5.74) is 1.60. The largest absolute Gasteiger partial charge is 0.494 e. The molecule has 0 fully saturated rings. The molecule has 1 aromatic carbocycles. The predicted octanol–water partition coefficient (Wildman–Crippen LogP) is 3.41. The minimum absolute atomic E-state index is 0.373. The molecule has 0 amide bonds. The zero-order valence-corrected chi connectivity index (χ0v) is 14.1. The summed E-state index contributed by atoms with van der Waals surface area (Å²) in [4.78, 5) is 13.7. The number of hydrogen-bond acceptors (Lipinski definition) is 5. The van der Waals surface area contributed by atoms with E-state index >= 15 is 0 Å². The molecule has 0 spiro atoms. The second-order valence-corrected chi connectivity index (χ2v) is 5.39. The first kappa shape index (κ1) is 17.1. The average molecular weight is 317 g/mol. The highest BCUT2D eigenvalue weighted by Crippen LogP contribution is 2.21. The number of furan rings is 1. The summed E-state index contributed by atoms with van der Waals surface area (Å²) in [7, 11) is 3.36. The van der Waals surface area contributed by atoms with Crippen molar-refractivity contribution in [3.8, 4) is 5.75 Å². The Labute approximate surface area is 136 Å². The molecule has 1 aromatic heterocycles. The van der Waals surface area contributed by atoms with Crippen molar-refractivity contribution in [1.82, 2.24) is 4.90 Å². The number of aryl methyl sites for hydroxylation is 1. The first-order valence-corrected chi connectivity index (χ1v) is 7.62. The van der Waals surface area contributed by atoms with Crippen LogP contribution in [0, 0.1) is 6.92 Å². The van der Waals surface area contributed by atoms with Crippen LogP contribution < -0.4 is 4.74 Å². The third kappa shape index (κ3) is 4.36. The highest BCUT2D eigenvalue weighted by Gasteiger charge is 2.16. The maximum Gasteiger partial charge on any atom is 0.341 e. The Morgan fingerprint density at radius 1 is 1.26 bits per heavy atom. The summed E-state index contributed by atoms with van der Waals surface area (Å²) >= 11 is 0. The van der Waals surface area contributed by atoms with Crippen molar-refractivity contribution in [2.75, 3.05) is 20.8 Å². The molecule has 0 bridgehead atoms. The van der Waals surface area contributed by atoms with Crippen molar-refractivity contribution in [3.63, 3.8) is 0 Å². The molecule has 0 aliphatic rings. The van der Waals surface area contributed by atoms with Crippen LogP contribution in [0.1, 0.15) is 34.4 Å². The van der Waals surface area contributed by atoms with Gasteiger partial charge in [-0.25, -0.2) is 4.79 Å². The van der Waals surface area contributed by atoms with Gasteiger partial charge in [-0.1, -0.05) is 18.2 Å². The number of benzene rings is 1. The van der Waals surface area contributed by atoms with Gasteiger partial charge in [0.15, 0.2) is 0 Å². The Hall–Kier alpha value is -2.27. The van der Waals surface area contributed by atoms with Gasteiger partial charge in [0, 0.05) is 12.1 Å². The number of esters is 1.